The van der Waals surface area contributed by atoms with Crippen LogP contribution in [0.1, 0.15) is 39.8 Å². The van der Waals surface area contributed by atoms with Gasteiger partial charge in [-0.1, -0.05) is 20.8 Å². The summed E-state index contributed by atoms with van der Waals surface area (Å²) in [6.45, 7) is 9.40. The Kier molecular flexibility index (Phi) is 4.23. The standard InChI is InChI=1S/C15H23ClN4/c1-11(16)6-8-19(5)14-12-10-13(15(2,3)4)18-20(12)9-7-17-14/h7,9-11H,6,8H2,1-5H3. The molecule has 20 heavy (non-hydrogen) atoms. The van der Waals surface area contributed by atoms with Gasteiger partial charge >= 0.3 is 0 Å². The first-order valence-corrected chi connectivity index (χ1v) is 7.43. The lowest BCUT2D eigenvalue weighted by Crippen LogP contribution is -2.22. The zero-order valence-electron chi connectivity index (χ0n) is 12.9. The molecule has 0 aliphatic carbocycles. The third-order valence-electron chi connectivity index (χ3n) is 3.36. The first-order valence-electron chi connectivity index (χ1n) is 6.99. The van der Waals surface area contributed by atoms with Crippen LogP contribution in [-0.2, 0) is 5.41 Å². The molecule has 2 rings (SSSR count). The van der Waals surface area contributed by atoms with E-state index in [9.17, 15) is 0 Å². The van der Waals surface area contributed by atoms with Crippen LogP contribution in [0.25, 0.3) is 5.52 Å². The molecule has 5 heteroatoms. The van der Waals surface area contributed by atoms with Gasteiger partial charge in [0.05, 0.1) is 5.69 Å². The van der Waals surface area contributed by atoms with Crippen LogP contribution in [0.3, 0.4) is 0 Å². The highest BCUT2D eigenvalue weighted by Crippen LogP contribution is 2.25. The number of anilines is 1. The summed E-state index contributed by atoms with van der Waals surface area (Å²) in [6.07, 6.45) is 4.62. The van der Waals surface area contributed by atoms with Gasteiger partial charge in [0, 0.05) is 36.8 Å². The smallest absolute Gasteiger partial charge is 0.154 e. The lowest BCUT2D eigenvalue weighted by molar-refractivity contribution is 0.562. The Labute approximate surface area is 125 Å². The fourth-order valence-electron chi connectivity index (χ4n) is 2.05. The van der Waals surface area contributed by atoms with Gasteiger partial charge in [0.15, 0.2) is 5.82 Å². The molecule has 0 fully saturated rings. The molecule has 0 spiro atoms. The van der Waals surface area contributed by atoms with Crippen molar-refractivity contribution >= 4 is 22.9 Å². The van der Waals surface area contributed by atoms with Gasteiger partial charge in [-0.3, -0.25) is 0 Å². The number of hydrogen-bond donors (Lipinski definition) is 0. The molecular weight excluding hydrogens is 272 g/mol. The third kappa shape index (κ3) is 3.23. The molecule has 0 N–H and O–H groups in total. The van der Waals surface area contributed by atoms with Gasteiger partial charge in [-0.25, -0.2) is 9.50 Å². The molecule has 1 unspecified atom stereocenters. The number of halogens is 1. The summed E-state index contributed by atoms with van der Waals surface area (Å²) in [5.74, 6) is 0.952. The van der Waals surface area contributed by atoms with Gasteiger partial charge in [-0.2, -0.15) is 5.10 Å². The maximum atomic E-state index is 6.03. The van der Waals surface area contributed by atoms with Gasteiger partial charge in [0.1, 0.15) is 5.52 Å². The number of fused-ring (bicyclic) bond motifs is 1. The van der Waals surface area contributed by atoms with E-state index in [4.69, 9.17) is 11.6 Å². The van der Waals surface area contributed by atoms with Crippen molar-refractivity contribution in [3.63, 3.8) is 0 Å². The summed E-state index contributed by atoms with van der Waals surface area (Å²) in [4.78, 5) is 6.64. The molecule has 4 nitrogen and oxygen atoms in total. The second-order valence-electron chi connectivity index (χ2n) is 6.35. The number of alkyl halides is 1. The molecule has 0 radical (unpaired) electrons. The summed E-state index contributed by atoms with van der Waals surface area (Å²) in [5, 5.41) is 4.82. The Balaban J connectivity index is 2.36. The fraction of sp³-hybridized carbons (Fsp3) is 0.600. The van der Waals surface area contributed by atoms with Crippen molar-refractivity contribution in [2.45, 2.75) is 44.9 Å². The quantitative estimate of drug-likeness (QED) is 0.810. The Morgan fingerprint density at radius 3 is 2.70 bits per heavy atom. The molecular formula is C15H23ClN4. The average molecular weight is 295 g/mol. The van der Waals surface area contributed by atoms with Crippen LogP contribution in [-0.4, -0.2) is 33.6 Å². The molecule has 0 bridgehead atoms. The first kappa shape index (κ1) is 15.1. The zero-order valence-corrected chi connectivity index (χ0v) is 13.6. The van der Waals surface area contributed by atoms with Gasteiger partial charge in [0.2, 0.25) is 0 Å². The van der Waals surface area contributed by atoms with Crippen molar-refractivity contribution in [2.75, 3.05) is 18.5 Å². The second-order valence-corrected chi connectivity index (χ2v) is 7.10. The number of nitrogens with zero attached hydrogens (tertiary/aromatic N) is 4. The van der Waals surface area contributed by atoms with E-state index in [1.54, 1.807) is 6.20 Å². The minimum Gasteiger partial charge on any atom is -0.358 e. The summed E-state index contributed by atoms with van der Waals surface area (Å²) in [7, 11) is 2.05. The Morgan fingerprint density at radius 2 is 2.10 bits per heavy atom. The van der Waals surface area contributed by atoms with Crippen molar-refractivity contribution in [1.82, 2.24) is 14.6 Å². The topological polar surface area (TPSA) is 33.4 Å². The monoisotopic (exact) mass is 294 g/mol. The highest BCUT2D eigenvalue weighted by atomic mass is 35.5. The van der Waals surface area contributed by atoms with E-state index in [2.05, 4.69) is 41.8 Å². The van der Waals surface area contributed by atoms with Crippen LogP contribution in [0.4, 0.5) is 5.82 Å². The van der Waals surface area contributed by atoms with Gasteiger partial charge in [-0.15, -0.1) is 11.6 Å². The first-order chi connectivity index (χ1) is 9.29. The minimum atomic E-state index is 0.0342. The summed E-state index contributed by atoms with van der Waals surface area (Å²) < 4.78 is 1.91. The van der Waals surface area contributed by atoms with Crippen molar-refractivity contribution in [1.29, 1.82) is 0 Å². The van der Waals surface area contributed by atoms with Crippen LogP contribution in [0, 0.1) is 0 Å². The van der Waals surface area contributed by atoms with Gasteiger partial charge in [-0.05, 0) is 19.4 Å². The van der Waals surface area contributed by atoms with Crippen LogP contribution in [0.15, 0.2) is 18.5 Å². The van der Waals surface area contributed by atoms with E-state index in [1.807, 2.05) is 24.7 Å². The third-order valence-corrected chi connectivity index (χ3v) is 3.58. The van der Waals surface area contributed by atoms with Crippen LogP contribution in [0.2, 0.25) is 0 Å². The molecule has 0 saturated heterocycles. The van der Waals surface area contributed by atoms with E-state index in [-0.39, 0.29) is 10.8 Å². The summed E-state index contributed by atoms with van der Waals surface area (Å²) in [5.41, 5.74) is 2.15. The van der Waals surface area contributed by atoms with Crippen LogP contribution >= 0.6 is 11.6 Å². The zero-order chi connectivity index (χ0) is 14.9. The number of hydrogen-bond acceptors (Lipinski definition) is 3. The van der Waals surface area contributed by atoms with Crippen LogP contribution < -0.4 is 4.90 Å². The highest BCUT2D eigenvalue weighted by molar-refractivity contribution is 6.20. The molecule has 0 amide bonds. The maximum Gasteiger partial charge on any atom is 0.154 e. The van der Waals surface area contributed by atoms with E-state index in [0.717, 1.165) is 30.0 Å². The SMILES string of the molecule is CC(Cl)CCN(C)c1nccn2nc(C(C)(C)C)cc12. The van der Waals surface area contributed by atoms with E-state index >= 15 is 0 Å². The maximum absolute atomic E-state index is 6.03. The predicted octanol–water partition coefficient (Wildman–Crippen LogP) is 3.48. The molecule has 2 aromatic heterocycles. The largest absolute Gasteiger partial charge is 0.358 e. The molecule has 110 valence electrons. The summed E-state index contributed by atoms with van der Waals surface area (Å²) >= 11 is 6.03. The highest BCUT2D eigenvalue weighted by Gasteiger charge is 2.20. The normalized spacial score (nSPS) is 13.7. The second kappa shape index (κ2) is 5.60. The lowest BCUT2D eigenvalue weighted by Gasteiger charge is -2.19. The minimum absolute atomic E-state index is 0.0342. The van der Waals surface area contributed by atoms with Crippen molar-refractivity contribution in [3.05, 3.63) is 24.2 Å². The molecule has 0 saturated carbocycles. The Hall–Kier alpha value is -1.29. The number of aromatic nitrogens is 3. The number of rotatable bonds is 4. The molecule has 0 aliphatic rings. The van der Waals surface area contributed by atoms with Gasteiger partial charge < -0.3 is 4.90 Å². The predicted molar refractivity (Wildman–Crippen MR) is 84.9 cm³/mol. The van der Waals surface area contributed by atoms with Crippen molar-refractivity contribution < 1.29 is 0 Å². The molecule has 2 aromatic rings. The van der Waals surface area contributed by atoms with E-state index in [0.29, 0.717) is 0 Å². The van der Waals surface area contributed by atoms with Crippen LogP contribution in [0.5, 0.6) is 0 Å². The summed E-state index contributed by atoms with van der Waals surface area (Å²) in [6, 6.07) is 2.13. The molecule has 2 heterocycles. The molecule has 1 atom stereocenters. The van der Waals surface area contributed by atoms with Crippen molar-refractivity contribution in [3.8, 4) is 0 Å². The average Bonchev–Trinajstić information content (AvgIpc) is 2.79. The Bertz CT molecular complexity index is 583. The Morgan fingerprint density at radius 1 is 1.40 bits per heavy atom. The fourth-order valence-corrected chi connectivity index (χ4v) is 2.14. The van der Waals surface area contributed by atoms with Gasteiger partial charge in [0.25, 0.3) is 0 Å². The van der Waals surface area contributed by atoms with E-state index < -0.39 is 0 Å². The lowest BCUT2D eigenvalue weighted by atomic mass is 9.92. The molecule has 0 aliphatic heterocycles. The van der Waals surface area contributed by atoms with Crippen molar-refractivity contribution in [2.24, 2.45) is 0 Å². The molecule has 0 aromatic carbocycles. The van der Waals surface area contributed by atoms with E-state index in [1.165, 1.54) is 0 Å².